The number of hydrogen-bond acceptors (Lipinski definition) is 5. The summed E-state index contributed by atoms with van der Waals surface area (Å²) in [6.45, 7) is 7.51. The van der Waals surface area contributed by atoms with Crippen molar-refractivity contribution >= 4 is 23.4 Å². The zero-order valence-electron chi connectivity index (χ0n) is 24.6. The number of aryl methyl sites for hydroxylation is 2. The fraction of sp³-hybridized carbons (Fsp3) is 0.324. The Bertz CT molecular complexity index is 1450. The standard InChI is InChI=1S/C34H40N6O/c1-26-33(27(2)38(4)36-26)14-15-34(41)40(32-18-22-39(23-19-32)24-28-8-6-5-7-9-28)25-29-10-12-30(13-11-29)37(3)31-16-20-35-21-17-31/h5-17,20-21,32H,18-19,22-25H2,1-4H3/b15-14+. The van der Waals surface area contributed by atoms with Gasteiger partial charge in [0.25, 0.3) is 0 Å². The van der Waals surface area contributed by atoms with E-state index >= 15 is 0 Å². The summed E-state index contributed by atoms with van der Waals surface area (Å²) in [7, 11) is 3.99. The molecule has 7 heteroatoms. The molecule has 0 unspecified atom stereocenters. The molecule has 0 aliphatic carbocycles. The molecule has 0 atom stereocenters. The van der Waals surface area contributed by atoms with Gasteiger partial charge in [0, 0.05) is 87.4 Å². The summed E-state index contributed by atoms with van der Waals surface area (Å²) in [5.41, 5.74) is 7.64. The van der Waals surface area contributed by atoms with Crippen LogP contribution in [0.25, 0.3) is 6.08 Å². The first-order valence-electron chi connectivity index (χ1n) is 14.4. The molecule has 0 bridgehead atoms. The number of likely N-dealkylation sites (tertiary alicyclic amines) is 1. The van der Waals surface area contributed by atoms with E-state index in [-0.39, 0.29) is 11.9 Å². The number of carbonyl (C=O) groups is 1. The van der Waals surface area contributed by atoms with Crippen molar-refractivity contribution in [2.24, 2.45) is 7.05 Å². The minimum atomic E-state index is 0.0483. The summed E-state index contributed by atoms with van der Waals surface area (Å²) in [4.78, 5) is 24.6. The molecule has 0 saturated carbocycles. The molecule has 1 amide bonds. The van der Waals surface area contributed by atoms with E-state index in [2.05, 4.69) is 86.4 Å². The second-order valence-corrected chi connectivity index (χ2v) is 10.9. The fourth-order valence-corrected chi connectivity index (χ4v) is 5.64. The molecule has 212 valence electrons. The molecular weight excluding hydrogens is 508 g/mol. The monoisotopic (exact) mass is 548 g/mol. The van der Waals surface area contributed by atoms with Gasteiger partial charge in [-0.15, -0.1) is 0 Å². The van der Waals surface area contributed by atoms with E-state index in [1.165, 1.54) is 5.56 Å². The maximum atomic E-state index is 13.8. The van der Waals surface area contributed by atoms with Crippen molar-refractivity contribution in [3.63, 3.8) is 0 Å². The van der Waals surface area contributed by atoms with Crippen LogP contribution in [0.4, 0.5) is 11.4 Å². The number of aromatic nitrogens is 3. The summed E-state index contributed by atoms with van der Waals surface area (Å²) < 4.78 is 1.87. The van der Waals surface area contributed by atoms with Crippen LogP contribution in [0.3, 0.4) is 0 Å². The van der Waals surface area contributed by atoms with Crippen molar-refractivity contribution in [2.75, 3.05) is 25.0 Å². The number of carbonyl (C=O) groups excluding carboxylic acids is 1. The average Bonchev–Trinajstić information content (AvgIpc) is 3.25. The summed E-state index contributed by atoms with van der Waals surface area (Å²) in [6.07, 6.45) is 9.19. The molecule has 7 nitrogen and oxygen atoms in total. The molecule has 0 N–H and O–H groups in total. The number of pyridine rings is 1. The first-order chi connectivity index (χ1) is 19.9. The Hall–Kier alpha value is -4.23. The van der Waals surface area contributed by atoms with Gasteiger partial charge in [0.15, 0.2) is 0 Å². The van der Waals surface area contributed by atoms with Crippen LogP contribution >= 0.6 is 0 Å². The zero-order valence-corrected chi connectivity index (χ0v) is 24.6. The maximum Gasteiger partial charge on any atom is 0.247 e. The zero-order chi connectivity index (χ0) is 28.8. The van der Waals surface area contributed by atoms with Gasteiger partial charge in [-0.05, 0) is 68.2 Å². The predicted octanol–water partition coefficient (Wildman–Crippen LogP) is 5.91. The van der Waals surface area contributed by atoms with E-state index in [4.69, 9.17) is 0 Å². The molecule has 5 rings (SSSR count). The number of rotatable bonds is 9. The lowest BCUT2D eigenvalue weighted by atomic mass is 10.0. The highest BCUT2D eigenvalue weighted by molar-refractivity contribution is 5.92. The molecule has 0 spiro atoms. The number of benzene rings is 2. The van der Waals surface area contributed by atoms with E-state index < -0.39 is 0 Å². The van der Waals surface area contributed by atoms with Crippen molar-refractivity contribution in [3.05, 3.63) is 113 Å². The fourth-order valence-electron chi connectivity index (χ4n) is 5.64. The lowest BCUT2D eigenvalue weighted by molar-refractivity contribution is -0.130. The number of nitrogens with zero attached hydrogens (tertiary/aromatic N) is 6. The van der Waals surface area contributed by atoms with Gasteiger partial charge >= 0.3 is 0 Å². The summed E-state index contributed by atoms with van der Waals surface area (Å²) in [6, 6.07) is 23.3. The van der Waals surface area contributed by atoms with Gasteiger partial charge in [0.05, 0.1) is 5.69 Å². The largest absolute Gasteiger partial charge is 0.345 e. The summed E-state index contributed by atoms with van der Waals surface area (Å²) in [5, 5.41) is 4.51. The van der Waals surface area contributed by atoms with Crippen LogP contribution in [0.1, 0.15) is 40.9 Å². The van der Waals surface area contributed by atoms with Crippen LogP contribution in [-0.2, 0) is 24.9 Å². The normalized spacial score (nSPS) is 14.4. The highest BCUT2D eigenvalue weighted by Gasteiger charge is 2.27. The van der Waals surface area contributed by atoms with E-state index in [1.54, 1.807) is 18.5 Å². The Morgan fingerprint density at radius 3 is 2.22 bits per heavy atom. The van der Waals surface area contributed by atoms with Crippen molar-refractivity contribution in [2.45, 2.75) is 45.8 Å². The smallest absolute Gasteiger partial charge is 0.247 e. The van der Waals surface area contributed by atoms with Crippen LogP contribution in [-0.4, -0.2) is 56.7 Å². The maximum absolute atomic E-state index is 13.8. The second kappa shape index (κ2) is 13.0. The lowest BCUT2D eigenvalue weighted by Crippen LogP contribution is -2.46. The Kier molecular flexibility index (Phi) is 8.95. The van der Waals surface area contributed by atoms with Crippen LogP contribution in [0, 0.1) is 13.8 Å². The van der Waals surface area contributed by atoms with Crippen molar-refractivity contribution in [1.82, 2.24) is 24.6 Å². The topological polar surface area (TPSA) is 57.5 Å². The van der Waals surface area contributed by atoms with E-state index in [1.807, 2.05) is 43.8 Å². The predicted molar refractivity (Wildman–Crippen MR) is 166 cm³/mol. The average molecular weight is 549 g/mol. The number of hydrogen-bond donors (Lipinski definition) is 0. The van der Waals surface area contributed by atoms with E-state index in [0.29, 0.717) is 6.54 Å². The third-order valence-electron chi connectivity index (χ3n) is 8.21. The Morgan fingerprint density at radius 1 is 0.927 bits per heavy atom. The van der Waals surface area contributed by atoms with Crippen molar-refractivity contribution in [3.8, 4) is 0 Å². The lowest BCUT2D eigenvalue weighted by Gasteiger charge is -2.38. The van der Waals surface area contributed by atoms with Crippen molar-refractivity contribution < 1.29 is 4.79 Å². The number of amides is 1. The molecule has 41 heavy (non-hydrogen) atoms. The molecule has 4 aromatic rings. The molecular formula is C34H40N6O. The van der Waals surface area contributed by atoms with Gasteiger partial charge in [0.2, 0.25) is 5.91 Å². The Morgan fingerprint density at radius 2 is 1.59 bits per heavy atom. The molecule has 2 aromatic carbocycles. The van der Waals surface area contributed by atoms with Crippen molar-refractivity contribution in [1.29, 1.82) is 0 Å². The Labute approximate surface area is 243 Å². The van der Waals surface area contributed by atoms with Gasteiger partial charge in [-0.3, -0.25) is 19.4 Å². The van der Waals surface area contributed by atoms with Crippen LogP contribution < -0.4 is 4.90 Å². The highest BCUT2D eigenvalue weighted by Crippen LogP contribution is 2.26. The highest BCUT2D eigenvalue weighted by atomic mass is 16.2. The first kappa shape index (κ1) is 28.3. The van der Waals surface area contributed by atoms with Crippen LogP contribution in [0.5, 0.6) is 0 Å². The van der Waals surface area contributed by atoms with Gasteiger partial charge in [-0.25, -0.2) is 0 Å². The summed E-state index contributed by atoms with van der Waals surface area (Å²) in [5.74, 6) is 0.0483. The molecule has 1 saturated heterocycles. The molecule has 2 aromatic heterocycles. The first-order valence-corrected chi connectivity index (χ1v) is 14.4. The molecule has 3 heterocycles. The number of anilines is 2. The third-order valence-corrected chi connectivity index (χ3v) is 8.21. The summed E-state index contributed by atoms with van der Waals surface area (Å²) >= 11 is 0. The quantitative estimate of drug-likeness (QED) is 0.244. The molecule has 0 radical (unpaired) electrons. The van der Waals surface area contributed by atoms with Gasteiger partial charge < -0.3 is 9.80 Å². The third kappa shape index (κ3) is 6.92. The van der Waals surface area contributed by atoms with Gasteiger partial charge in [-0.2, -0.15) is 5.10 Å². The van der Waals surface area contributed by atoms with Crippen LogP contribution in [0.15, 0.2) is 85.2 Å². The Balaban J connectivity index is 1.31. The van der Waals surface area contributed by atoms with Gasteiger partial charge in [-0.1, -0.05) is 42.5 Å². The minimum absolute atomic E-state index is 0.0483. The molecule has 1 aliphatic heterocycles. The van der Waals surface area contributed by atoms with Gasteiger partial charge in [0.1, 0.15) is 0 Å². The minimum Gasteiger partial charge on any atom is -0.345 e. The second-order valence-electron chi connectivity index (χ2n) is 10.9. The molecule has 1 fully saturated rings. The van der Waals surface area contributed by atoms with E-state index in [9.17, 15) is 4.79 Å². The van der Waals surface area contributed by atoms with E-state index in [0.717, 1.165) is 66.4 Å². The SMILES string of the molecule is Cc1nn(C)c(C)c1/C=C/C(=O)N(Cc1ccc(N(C)c2ccncc2)cc1)C1CCN(Cc2ccccc2)CC1. The van der Waals surface area contributed by atoms with Crippen LogP contribution in [0.2, 0.25) is 0 Å². The number of piperidine rings is 1. The molecule has 1 aliphatic rings.